The average Bonchev–Trinajstić information content (AvgIpc) is 2.73. The quantitative estimate of drug-likeness (QED) is 0.887. The van der Waals surface area contributed by atoms with E-state index in [4.69, 9.17) is 0 Å². The first-order valence-electron chi connectivity index (χ1n) is 6.75. The molecule has 0 saturated carbocycles. The molecule has 0 spiro atoms. The largest absolute Gasteiger partial charge is 0.349 e. The molecule has 0 aliphatic heterocycles. The van der Waals surface area contributed by atoms with E-state index in [0.717, 1.165) is 13.0 Å². The third-order valence-electron chi connectivity index (χ3n) is 3.35. The Bertz CT molecular complexity index is 585. The van der Waals surface area contributed by atoms with Crippen molar-refractivity contribution in [1.82, 2.24) is 4.57 Å². The first-order chi connectivity index (χ1) is 9.58. The molecule has 2 aromatic rings. The van der Waals surface area contributed by atoms with Gasteiger partial charge >= 0.3 is 0 Å². The third-order valence-corrected chi connectivity index (χ3v) is 3.35. The molecule has 1 aromatic carbocycles. The van der Waals surface area contributed by atoms with Crippen LogP contribution in [-0.4, -0.2) is 10.5 Å². The summed E-state index contributed by atoms with van der Waals surface area (Å²) in [7, 11) is 0. The first kappa shape index (κ1) is 14.3. The van der Waals surface area contributed by atoms with Crippen LogP contribution in [0.2, 0.25) is 0 Å². The summed E-state index contributed by atoms with van der Waals surface area (Å²) in [6.07, 6.45) is 1.11. The van der Waals surface area contributed by atoms with Crippen LogP contribution < -0.4 is 5.32 Å². The Balaban J connectivity index is 1.83. The SMILES string of the molecule is Cc1ccc(C)n1CCCC(=O)Nc1ccccc1F. The van der Waals surface area contributed by atoms with E-state index in [2.05, 4.69) is 22.0 Å². The number of nitrogens with one attached hydrogen (secondary N) is 1. The zero-order valence-electron chi connectivity index (χ0n) is 11.8. The van der Waals surface area contributed by atoms with Gasteiger partial charge in [-0.15, -0.1) is 0 Å². The van der Waals surface area contributed by atoms with Gasteiger partial charge in [-0.2, -0.15) is 0 Å². The van der Waals surface area contributed by atoms with Crippen molar-refractivity contribution in [2.75, 3.05) is 5.32 Å². The summed E-state index contributed by atoms with van der Waals surface area (Å²) in [5, 5.41) is 2.60. The van der Waals surface area contributed by atoms with Gasteiger partial charge < -0.3 is 9.88 Å². The van der Waals surface area contributed by atoms with E-state index >= 15 is 0 Å². The van der Waals surface area contributed by atoms with Gasteiger partial charge in [0.25, 0.3) is 0 Å². The molecule has 0 aliphatic rings. The molecule has 0 bridgehead atoms. The summed E-state index contributed by atoms with van der Waals surface area (Å²) in [4.78, 5) is 11.8. The van der Waals surface area contributed by atoms with Gasteiger partial charge in [-0.05, 0) is 44.5 Å². The van der Waals surface area contributed by atoms with Gasteiger partial charge in [-0.1, -0.05) is 12.1 Å². The van der Waals surface area contributed by atoms with Crippen LogP contribution in [0.4, 0.5) is 10.1 Å². The number of amides is 1. The van der Waals surface area contributed by atoms with Gasteiger partial charge in [0.15, 0.2) is 0 Å². The number of nitrogens with zero attached hydrogens (tertiary/aromatic N) is 1. The highest BCUT2D eigenvalue weighted by atomic mass is 19.1. The van der Waals surface area contributed by atoms with Crippen LogP contribution >= 0.6 is 0 Å². The van der Waals surface area contributed by atoms with Gasteiger partial charge in [0.2, 0.25) is 5.91 Å². The molecule has 3 nitrogen and oxygen atoms in total. The molecule has 2 rings (SSSR count). The molecule has 0 fully saturated rings. The summed E-state index contributed by atoms with van der Waals surface area (Å²) in [6.45, 7) is 4.90. The van der Waals surface area contributed by atoms with E-state index < -0.39 is 5.82 Å². The number of benzene rings is 1. The van der Waals surface area contributed by atoms with E-state index in [1.807, 2.05) is 13.8 Å². The summed E-state index contributed by atoms with van der Waals surface area (Å²) in [5.41, 5.74) is 2.62. The normalized spacial score (nSPS) is 10.6. The van der Waals surface area contributed by atoms with Crippen LogP contribution in [0.1, 0.15) is 24.2 Å². The lowest BCUT2D eigenvalue weighted by molar-refractivity contribution is -0.116. The molecule has 20 heavy (non-hydrogen) atoms. The smallest absolute Gasteiger partial charge is 0.224 e. The molecule has 0 aliphatic carbocycles. The Kier molecular flexibility index (Phi) is 4.56. The van der Waals surface area contributed by atoms with Crippen molar-refractivity contribution in [2.45, 2.75) is 33.2 Å². The number of hydrogen-bond donors (Lipinski definition) is 1. The van der Waals surface area contributed by atoms with Crippen molar-refractivity contribution in [1.29, 1.82) is 0 Å². The highest BCUT2D eigenvalue weighted by molar-refractivity contribution is 5.90. The number of aromatic nitrogens is 1. The summed E-state index contributed by atoms with van der Waals surface area (Å²) < 4.78 is 15.6. The molecule has 1 N–H and O–H groups in total. The number of rotatable bonds is 5. The topological polar surface area (TPSA) is 34.0 Å². The fourth-order valence-electron chi connectivity index (χ4n) is 2.23. The van der Waals surface area contributed by atoms with Gasteiger partial charge in [0.1, 0.15) is 5.82 Å². The maximum atomic E-state index is 13.4. The second-order valence-electron chi connectivity index (χ2n) is 4.90. The lowest BCUT2D eigenvalue weighted by atomic mass is 10.2. The lowest BCUT2D eigenvalue weighted by Gasteiger charge is -2.09. The molecule has 4 heteroatoms. The predicted octanol–water partition coefficient (Wildman–Crippen LogP) is 3.66. The van der Waals surface area contributed by atoms with E-state index in [0.29, 0.717) is 6.42 Å². The Labute approximate surface area is 118 Å². The molecule has 1 amide bonds. The van der Waals surface area contributed by atoms with E-state index in [1.54, 1.807) is 18.2 Å². The second kappa shape index (κ2) is 6.37. The third kappa shape index (κ3) is 3.47. The molecule has 0 saturated heterocycles. The van der Waals surface area contributed by atoms with Crippen LogP contribution in [0.15, 0.2) is 36.4 Å². The minimum Gasteiger partial charge on any atom is -0.349 e. The number of carbonyl (C=O) groups is 1. The zero-order chi connectivity index (χ0) is 14.5. The van der Waals surface area contributed by atoms with E-state index in [9.17, 15) is 9.18 Å². The minimum absolute atomic E-state index is 0.155. The number of halogens is 1. The lowest BCUT2D eigenvalue weighted by Crippen LogP contribution is -2.13. The molecule has 1 heterocycles. The molecule has 0 atom stereocenters. The van der Waals surface area contributed by atoms with Gasteiger partial charge in [-0.3, -0.25) is 4.79 Å². The van der Waals surface area contributed by atoms with Crippen molar-refractivity contribution in [3.05, 3.63) is 53.6 Å². The maximum Gasteiger partial charge on any atom is 0.224 e. The van der Waals surface area contributed by atoms with Gasteiger partial charge in [0.05, 0.1) is 5.69 Å². The minimum atomic E-state index is -0.405. The monoisotopic (exact) mass is 274 g/mol. The number of carbonyl (C=O) groups excluding carboxylic acids is 1. The van der Waals surface area contributed by atoms with Crippen LogP contribution in [0.3, 0.4) is 0 Å². The zero-order valence-corrected chi connectivity index (χ0v) is 11.8. The Morgan fingerprint density at radius 3 is 2.45 bits per heavy atom. The molecule has 106 valence electrons. The Morgan fingerprint density at radius 1 is 1.15 bits per heavy atom. The van der Waals surface area contributed by atoms with Crippen molar-refractivity contribution >= 4 is 11.6 Å². The predicted molar refractivity (Wildman–Crippen MR) is 78.2 cm³/mol. The summed E-state index contributed by atoms with van der Waals surface area (Å²) in [6, 6.07) is 10.3. The molecule has 0 radical (unpaired) electrons. The number of hydrogen-bond acceptors (Lipinski definition) is 1. The van der Waals surface area contributed by atoms with Crippen molar-refractivity contribution in [3.63, 3.8) is 0 Å². The summed E-state index contributed by atoms with van der Waals surface area (Å²) in [5.74, 6) is -0.560. The van der Waals surface area contributed by atoms with Crippen LogP contribution in [0.25, 0.3) is 0 Å². The fourth-order valence-corrected chi connectivity index (χ4v) is 2.23. The van der Waals surface area contributed by atoms with Crippen LogP contribution in [-0.2, 0) is 11.3 Å². The van der Waals surface area contributed by atoms with E-state index in [1.165, 1.54) is 17.5 Å². The Hall–Kier alpha value is -2.10. The highest BCUT2D eigenvalue weighted by Crippen LogP contribution is 2.13. The summed E-state index contributed by atoms with van der Waals surface area (Å²) >= 11 is 0. The molecule has 0 unspecified atom stereocenters. The number of anilines is 1. The van der Waals surface area contributed by atoms with Crippen LogP contribution in [0, 0.1) is 19.7 Å². The maximum absolute atomic E-state index is 13.4. The van der Waals surface area contributed by atoms with Crippen molar-refractivity contribution < 1.29 is 9.18 Å². The van der Waals surface area contributed by atoms with Crippen molar-refractivity contribution in [2.24, 2.45) is 0 Å². The van der Waals surface area contributed by atoms with Crippen LogP contribution in [0.5, 0.6) is 0 Å². The molecule has 1 aromatic heterocycles. The number of para-hydroxylation sites is 1. The van der Waals surface area contributed by atoms with Crippen molar-refractivity contribution in [3.8, 4) is 0 Å². The van der Waals surface area contributed by atoms with E-state index in [-0.39, 0.29) is 11.6 Å². The molecular formula is C16H19FN2O. The Morgan fingerprint density at radius 2 is 1.80 bits per heavy atom. The average molecular weight is 274 g/mol. The van der Waals surface area contributed by atoms with Gasteiger partial charge in [0, 0.05) is 24.4 Å². The number of aryl methyl sites for hydroxylation is 2. The fraction of sp³-hybridized carbons (Fsp3) is 0.312. The molecular weight excluding hydrogens is 255 g/mol. The highest BCUT2D eigenvalue weighted by Gasteiger charge is 2.07. The standard InChI is InChI=1S/C16H19FN2O/c1-12-9-10-13(2)19(12)11-5-8-16(20)18-15-7-4-3-6-14(15)17/h3-4,6-7,9-10H,5,8,11H2,1-2H3,(H,18,20). The van der Waals surface area contributed by atoms with Gasteiger partial charge in [-0.25, -0.2) is 4.39 Å². The first-order valence-corrected chi connectivity index (χ1v) is 6.75. The second-order valence-corrected chi connectivity index (χ2v) is 4.90.